The van der Waals surface area contributed by atoms with Gasteiger partial charge in [0.15, 0.2) is 0 Å². The van der Waals surface area contributed by atoms with Gasteiger partial charge in [0.25, 0.3) is 0 Å². The van der Waals surface area contributed by atoms with Crippen molar-refractivity contribution in [3.63, 3.8) is 0 Å². The van der Waals surface area contributed by atoms with Crippen LogP contribution in [0.1, 0.15) is 22.3 Å². The van der Waals surface area contributed by atoms with Crippen molar-refractivity contribution in [3.05, 3.63) is 180 Å². The van der Waals surface area contributed by atoms with Gasteiger partial charge in [-0.15, -0.1) is 0 Å². The standard InChI is InChI=1S/C53H26N2/c1-7-27-19-23-39-49-43(27)31(11-1)35-15-5-16-36-32-12-2-8-28-20-24-40(50(44(28)32)54(49)47(35)36)53(39)41-25-21-29-9-3-13-33-37-17-6-18-38-34-14-4-10-30-22-26-42(53)52(46(30)34)55(48(37)38)51(41)45(29)33/h1-26H. The summed E-state index contributed by atoms with van der Waals surface area (Å²) in [5, 5.41) is 10.6. The first-order valence-electron chi connectivity index (χ1n) is 19.4. The second-order valence-corrected chi connectivity index (χ2v) is 16.3. The quantitative estimate of drug-likeness (QED) is 0.156. The van der Waals surface area contributed by atoms with Crippen molar-refractivity contribution in [1.29, 1.82) is 0 Å². The SMILES string of the molecule is c1cc2c3c(c1)-c1cccc4ccc5c(c14)N3c1c(ccc3cccc-2c13)C51c2ccc3cccc4c3c2N2c3c-4cccc3-c3cccc4ccc1c2c34. The Balaban J connectivity index is 1.23. The molecule has 0 saturated carbocycles. The summed E-state index contributed by atoms with van der Waals surface area (Å²) in [7, 11) is 0. The fourth-order valence-corrected chi connectivity index (χ4v) is 12.5. The molecule has 10 aromatic rings. The molecule has 0 bridgehead atoms. The Kier molecular flexibility index (Phi) is 4.02. The predicted molar refractivity (Wildman–Crippen MR) is 227 cm³/mol. The molecule has 16 rings (SSSR count). The minimum atomic E-state index is -0.596. The summed E-state index contributed by atoms with van der Waals surface area (Å²) < 4.78 is 0. The summed E-state index contributed by atoms with van der Waals surface area (Å²) in [4.78, 5) is 5.39. The fraction of sp³-hybridized carbons (Fsp3) is 0.0189. The predicted octanol–water partition coefficient (Wildman–Crippen LogP) is 14.2. The molecule has 0 aromatic heterocycles. The van der Waals surface area contributed by atoms with Crippen LogP contribution in [0, 0.1) is 0 Å². The molecular weight excluding hydrogens is 665 g/mol. The maximum Gasteiger partial charge on any atom is 0.0783 e. The summed E-state index contributed by atoms with van der Waals surface area (Å²) >= 11 is 0. The van der Waals surface area contributed by atoms with E-state index in [-0.39, 0.29) is 0 Å². The monoisotopic (exact) mass is 690 g/mol. The van der Waals surface area contributed by atoms with E-state index >= 15 is 0 Å². The molecule has 0 atom stereocenters. The molecule has 0 saturated heterocycles. The topological polar surface area (TPSA) is 6.48 Å². The molecule has 6 heterocycles. The average molecular weight is 691 g/mol. The minimum absolute atomic E-state index is 0.596. The molecule has 2 nitrogen and oxygen atoms in total. The van der Waals surface area contributed by atoms with Crippen molar-refractivity contribution >= 4 is 77.2 Å². The van der Waals surface area contributed by atoms with Gasteiger partial charge in [0, 0.05) is 43.8 Å². The van der Waals surface area contributed by atoms with Crippen molar-refractivity contribution in [3.8, 4) is 44.5 Å². The van der Waals surface area contributed by atoms with Crippen molar-refractivity contribution < 1.29 is 0 Å². The number of fused-ring (bicyclic) bond motifs is 8. The molecule has 0 amide bonds. The van der Waals surface area contributed by atoms with E-state index in [0.717, 1.165) is 0 Å². The number of nitrogens with zero attached hydrogens (tertiary/aromatic N) is 2. The molecule has 0 N–H and O–H groups in total. The van der Waals surface area contributed by atoms with Crippen LogP contribution in [0.4, 0.5) is 34.1 Å². The molecule has 0 aliphatic carbocycles. The molecule has 0 unspecified atom stereocenters. The highest BCUT2D eigenvalue weighted by molar-refractivity contribution is 6.29. The lowest BCUT2D eigenvalue weighted by Gasteiger charge is -2.55. The minimum Gasteiger partial charge on any atom is -0.307 e. The smallest absolute Gasteiger partial charge is 0.0783 e. The number of benzene rings is 10. The Bertz CT molecular complexity index is 3150. The first-order valence-corrected chi connectivity index (χ1v) is 19.4. The molecule has 6 aliphatic heterocycles. The van der Waals surface area contributed by atoms with Gasteiger partial charge >= 0.3 is 0 Å². The average Bonchev–Trinajstić information content (AvgIpc) is 3.24. The Morgan fingerprint density at radius 3 is 0.782 bits per heavy atom. The van der Waals surface area contributed by atoms with E-state index in [1.165, 1.54) is 144 Å². The van der Waals surface area contributed by atoms with Gasteiger partial charge in [0.1, 0.15) is 0 Å². The van der Waals surface area contributed by atoms with Gasteiger partial charge in [0.2, 0.25) is 0 Å². The van der Waals surface area contributed by atoms with Gasteiger partial charge in [-0.05, 0) is 66.1 Å². The highest BCUT2D eigenvalue weighted by Crippen LogP contribution is 2.73. The number of para-hydroxylation sites is 2. The summed E-state index contributed by atoms with van der Waals surface area (Å²) in [6.45, 7) is 0. The molecule has 55 heavy (non-hydrogen) atoms. The molecular formula is C53H26N2. The third-order valence-electron chi connectivity index (χ3n) is 14.3. The van der Waals surface area contributed by atoms with Crippen LogP contribution < -0.4 is 9.80 Å². The van der Waals surface area contributed by atoms with E-state index in [1.54, 1.807) is 0 Å². The lowest BCUT2D eigenvalue weighted by atomic mass is 9.57. The first-order chi connectivity index (χ1) is 27.3. The van der Waals surface area contributed by atoms with Crippen LogP contribution in [-0.4, -0.2) is 0 Å². The van der Waals surface area contributed by atoms with Crippen LogP contribution in [0.5, 0.6) is 0 Å². The summed E-state index contributed by atoms with van der Waals surface area (Å²) in [5.74, 6) is 0. The lowest BCUT2D eigenvalue weighted by Crippen LogP contribution is -2.43. The maximum atomic E-state index is 2.70. The van der Waals surface area contributed by atoms with E-state index in [1.807, 2.05) is 0 Å². The molecule has 10 aromatic carbocycles. The molecule has 6 aliphatic rings. The van der Waals surface area contributed by atoms with Crippen molar-refractivity contribution in [1.82, 2.24) is 0 Å². The van der Waals surface area contributed by atoms with Crippen LogP contribution in [0.15, 0.2) is 158 Å². The van der Waals surface area contributed by atoms with Gasteiger partial charge in [-0.2, -0.15) is 0 Å². The molecule has 248 valence electrons. The van der Waals surface area contributed by atoms with Crippen LogP contribution in [0.2, 0.25) is 0 Å². The summed E-state index contributed by atoms with van der Waals surface area (Å²) in [6, 6.07) is 61.2. The van der Waals surface area contributed by atoms with Gasteiger partial charge in [-0.3, -0.25) is 0 Å². The number of hydrogen-bond acceptors (Lipinski definition) is 2. The van der Waals surface area contributed by atoms with Crippen molar-refractivity contribution in [2.24, 2.45) is 0 Å². The van der Waals surface area contributed by atoms with Crippen LogP contribution >= 0.6 is 0 Å². The summed E-state index contributed by atoms with van der Waals surface area (Å²) in [6.07, 6.45) is 0. The zero-order valence-corrected chi connectivity index (χ0v) is 29.4. The third-order valence-corrected chi connectivity index (χ3v) is 14.3. The van der Waals surface area contributed by atoms with Crippen LogP contribution in [-0.2, 0) is 5.41 Å². The maximum absolute atomic E-state index is 2.70. The molecule has 0 radical (unpaired) electrons. The lowest BCUT2D eigenvalue weighted by molar-refractivity contribution is 0.724. The van der Waals surface area contributed by atoms with E-state index in [9.17, 15) is 0 Å². The van der Waals surface area contributed by atoms with E-state index in [2.05, 4.69) is 168 Å². The number of anilines is 6. The third kappa shape index (κ3) is 2.53. The first kappa shape index (κ1) is 26.6. The summed E-state index contributed by atoms with van der Waals surface area (Å²) in [5.41, 5.74) is 23.4. The van der Waals surface area contributed by atoms with Gasteiger partial charge in [-0.1, -0.05) is 158 Å². The fourth-order valence-electron chi connectivity index (χ4n) is 12.5. The van der Waals surface area contributed by atoms with Gasteiger partial charge in [0.05, 0.1) is 39.5 Å². The Labute approximate surface area is 315 Å². The Morgan fingerprint density at radius 2 is 0.491 bits per heavy atom. The zero-order valence-electron chi connectivity index (χ0n) is 29.4. The Morgan fingerprint density at radius 1 is 0.236 bits per heavy atom. The number of hydrogen-bond donors (Lipinski definition) is 0. The highest BCUT2D eigenvalue weighted by atomic mass is 15.2. The van der Waals surface area contributed by atoms with E-state index in [4.69, 9.17) is 0 Å². The van der Waals surface area contributed by atoms with Gasteiger partial charge < -0.3 is 9.80 Å². The zero-order chi connectivity index (χ0) is 35.1. The molecule has 1 spiro atoms. The van der Waals surface area contributed by atoms with Crippen molar-refractivity contribution in [2.75, 3.05) is 9.80 Å². The second-order valence-electron chi connectivity index (χ2n) is 16.3. The largest absolute Gasteiger partial charge is 0.307 e. The normalized spacial score (nSPS) is 15.3. The highest BCUT2D eigenvalue weighted by Gasteiger charge is 2.56. The van der Waals surface area contributed by atoms with Gasteiger partial charge in [-0.25, -0.2) is 0 Å². The second kappa shape index (κ2) is 8.31. The van der Waals surface area contributed by atoms with Crippen LogP contribution in [0.3, 0.4) is 0 Å². The van der Waals surface area contributed by atoms with Crippen molar-refractivity contribution in [2.45, 2.75) is 5.41 Å². The Hall–Kier alpha value is -7.16. The van der Waals surface area contributed by atoms with E-state index < -0.39 is 5.41 Å². The molecule has 2 heteroatoms. The molecule has 0 fully saturated rings. The van der Waals surface area contributed by atoms with E-state index in [0.29, 0.717) is 0 Å². The number of rotatable bonds is 0. The van der Waals surface area contributed by atoms with Crippen LogP contribution in [0.25, 0.3) is 87.6 Å².